The van der Waals surface area contributed by atoms with Crippen molar-refractivity contribution in [3.8, 4) is 11.6 Å². The molecule has 0 saturated heterocycles. The molecule has 3 rings (SSSR count). The summed E-state index contributed by atoms with van der Waals surface area (Å²) in [5.74, 6) is 0.219. The zero-order chi connectivity index (χ0) is 22.2. The van der Waals surface area contributed by atoms with Crippen molar-refractivity contribution in [3.63, 3.8) is 0 Å². The van der Waals surface area contributed by atoms with Crippen molar-refractivity contribution in [1.82, 2.24) is 15.6 Å². The maximum atomic E-state index is 12.9. The number of benzene rings is 2. The first kappa shape index (κ1) is 21.8. The largest absolute Gasteiger partial charge is 0.439 e. The normalized spacial score (nSPS) is 10.5. The SMILES string of the molecule is CC(C)NC(=O)Nc1cccc(C(=O)NCc2ccc(Oc3ccc(F)cc3)nc2)c1. The minimum Gasteiger partial charge on any atom is -0.439 e. The van der Waals surface area contributed by atoms with Gasteiger partial charge in [0.1, 0.15) is 11.6 Å². The van der Waals surface area contributed by atoms with Gasteiger partial charge in [0, 0.05) is 36.1 Å². The Kier molecular flexibility index (Phi) is 7.16. The lowest BCUT2D eigenvalue weighted by molar-refractivity contribution is 0.0951. The molecule has 1 aromatic heterocycles. The Morgan fingerprint density at radius 2 is 1.84 bits per heavy atom. The zero-order valence-corrected chi connectivity index (χ0v) is 17.2. The maximum Gasteiger partial charge on any atom is 0.319 e. The monoisotopic (exact) mass is 422 g/mol. The van der Waals surface area contributed by atoms with Crippen LogP contribution in [0.3, 0.4) is 0 Å². The van der Waals surface area contributed by atoms with Crippen LogP contribution in [0.1, 0.15) is 29.8 Å². The molecule has 0 spiro atoms. The number of ether oxygens (including phenoxy) is 1. The number of carbonyl (C=O) groups excluding carboxylic acids is 2. The average molecular weight is 422 g/mol. The molecule has 160 valence electrons. The van der Waals surface area contributed by atoms with Crippen LogP contribution in [0.4, 0.5) is 14.9 Å². The molecule has 0 radical (unpaired) electrons. The Morgan fingerprint density at radius 1 is 1.06 bits per heavy atom. The van der Waals surface area contributed by atoms with Crippen LogP contribution >= 0.6 is 0 Å². The minimum atomic E-state index is -0.341. The van der Waals surface area contributed by atoms with E-state index in [0.29, 0.717) is 22.9 Å². The Balaban J connectivity index is 1.53. The summed E-state index contributed by atoms with van der Waals surface area (Å²) in [6.45, 7) is 3.99. The van der Waals surface area contributed by atoms with E-state index in [4.69, 9.17) is 4.74 Å². The lowest BCUT2D eigenvalue weighted by Crippen LogP contribution is -2.34. The second-order valence-electron chi connectivity index (χ2n) is 7.08. The van der Waals surface area contributed by atoms with Crippen LogP contribution < -0.4 is 20.7 Å². The van der Waals surface area contributed by atoms with Gasteiger partial charge >= 0.3 is 6.03 Å². The third-order valence-corrected chi connectivity index (χ3v) is 4.09. The first-order valence-electron chi connectivity index (χ1n) is 9.73. The van der Waals surface area contributed by atoms with Crippen LogP contribution in [0.2, 0.25) is 0 Å². The van der Waals surface area contributed by atoms with Gasteiger partial charge in [0.15, 0.2) is 0 Å². The second-order valence-corrected chi connectivity index (χ2v) is 7.08. The molecule has 0 unspecified atom stereocenters. The van der Waals surface area contributed by atoms with Crippen LogP contribution in [0.5, 0.6) is 11.6 Å². The van der Waals surface area contributed by atoms with Crippen molar-refractivity contribution in [1.29, 1.82) is 0 Å². The topological polar surface area (TPSA) is 92.4 Å². The predicted molar refractivity (Wildman–Crippen MR) is 116 cm³/mol. The van der Waals surface area contributed by atoms with Crippen LogP contribution in [0.15, 0.2) is 66.9 Å². The highest BCUT2D eigenvalue weighted by atomic mass is 19.1. The maximum absolute atomic E-state index is 12.9. The average Bonchev–Trinajstić information content (AvgIpc) is 2.74. The second kappa shape index (κ2) is 10.2. The molecule has 0 aliphatic carbocycles. The molecule has 3 aromatic rings. The van der Waals surface area contributed by atoms with Crippen molar-refractivity contribution in [2.24, 2.45) is 0 Å². The molecule has 1 heterocycles. The van der Waals surface area contributed by atoms with Gasteiger partial charge in [0.05, 0.1) is 0 Å². The quantitative estimate of drug-likeness (QED) is 0.524. The van der Waals surface area contributed by atoms with E-state index in [1.165, 1.54) is 24.3 Å². The van der Waals surface area contributed by atoms with Crippen molar-refractivity contribution in [3.05, 3.63) is 83.8 Å². The van der Waals surface area contributed by atoms with Crippen LogP contribution in [-0.4, -0.2) is 23.0 Å². The van der Waals surface area contributed by atoms with Crippen molar-refractivity contribution < 1.29 is 18.7 Å². The molecule has 0 fully saturated rings. The Bertz CT molecular complexity index is 1040. The van der Waals surface area contributed by atoms with Crippen molar-refractivity contribution in [2.45, 2.75) is 26.4 Å². The number of amides is 3. The number of hydrogen-bond donors (Lipinski definition) is 3. The molecular formula is C23H23FN4O3. The van der Waals surface area contributed by atoms with E-state index in [-0.39, 0.29) is 30.3 Å². The van der Waals surface area contributed by atoms with E-state index < -0.39 is 0 Å². The number of nitrogens with one attached hydrogen (secondary N) is 3. The van der Waals surface area contributed by atoms with E-state index in [2.05, 4.69) is 20.9 Å². The molecular weight excluding hydrogens is 399 g/mol. The molecule has 0 atom stereocenters. The van der Waals surface area contributed by atoms with Gasteiger partial charge in [-0.25, -0.2) is 14.2 Å². The molecule has 0 saturated carbocycles. The first-order chi connectivity index (χ1) is 14.9. The summed E-state index contributed by atoms with van der Waals surface area (Å²) in [6, 6.07) is 15.4. The summed E-state index contributed by atoms with van der Waals surface area (Å²) >= 11 is 0. The number of carbonyl (C=O) groups is 2. The van der Waals surface area contributed by atoms with E-state index in [0.717, 1.165) is 5.56 Å². The minimum absolute atomic E-state index is 0.00701. The predicted octanol–water partition coefficient (Wildman–Crippen LogP) is 4.47. The molecule has 2 aromatic carbocycles. The summed E-state index contributed by atoms with van der Waals surface area (Å²) in [4.78, 5) is 28.5. The molecule has 8 heteroatoms. The highest BCUT2D eigenvalue weighted by molar-refractivity contribution is 5.96. The fourth-order valence-electron chi connectivity index (χ4n) is 2.65. The molecule has 31 heavy (non-hydrogen) atoms. The molecule has 0 bridgehead atoms. The van der Waals surface area contributed by atoms with E-state index in [1.807, 2.05) is 13.8 Å². The number of urea groups is 1. The van der Waals surface area contributed by atoms with Gasteiger partial charge in [0.2, 0.25) is 5.88 Å². The Hall–Kier alpha value is -3.94. The molecule has 7 nitrogen and oxygen atoms in total. The van der Waals surface area contributed by atoms with Crippen LogP contribution in [-0.2, 0) is 6.54 Å². The summed E-state index contributed by atoms with van der Waals surface area (Å²) in [5.41, 5.74) is 1.73. The Labute approximate surface area is 179 Å². The zero-order valence-electron chi connectivity index (χ0n) is 17.2. The standard InChI is InChI=1S/C23H23FN4O3/c1-15(2)27-23(30)28-19-5-3-4-17(12-19)22(29)26-14-16-6-11-21(25-13-16)31-20-9-7-18(24)8-10-20/h3-13,15H,14H2,1-2H3,(H,26,29)(H2,27,28,30). The third kappa shape index (κ3) is 6.81. The summed E-state index contributed by atoms with van der Waals surface area (Å²) < 4.78 is 18.5. The van der Waals surface area contributed by atoms with Gasteiger partial charge < -0.3 is 20.7 Å². The fourth-order valence-corrected chi connectivity index (χ4v) is 2.65. The number of nitrogens with zero attached hydrogens (tertiary/aromatic N) is 1. The fraction of sp³-hybridized carbons (Fsp3) is 0.174. The van der Waals surface area contributed by atoms with E-state index >= 15 is 0 Å². The first-order valence-corrected chi connectivity index (χ1v) is 9.73. The number of hydrogen-bond acceptors (Lipinski definition) is 4. The highest BCUT2D eigenvalue weighted by Gasteiger charge is 2.09. The highest BCUT2D eigenvalue weighted by Crippen LogP contribution is 2.19. The van der Waals surface area contributed by atoms with E-state index in [1.54, 1.807) is 42.6 Å². The van der Waals surface area contributed by atoms with E-state index in [9.17, 15) is 14.0 Å². The van der Waals surface area contributed by atoms with Gasteiger partial charge in [-0.2, -0.15) is 0 Å². The van der Waals surface area contributed by atoms with Gasteiger partial charge in [-0.15, -0.1) is 0 Å². The summed E-state index contributed by atoms with van der Waals surface area (Å²) in [5, 5.41) is 8.23. The van der Waals surface area contributed by atoms with Gasteiger partial charge in [0.25, 0.3) is 5.91 Å². The van der Waals surface area contributed by atoms with Crippen LogP contribution in [0, 0.1) is 5.82 Å². The van der Waals surface area contributed by atoms with Gasteiger partial charge in [-0.1, -0.05) is 12.1 Å². The van der Waals surface area contributed by atoms with Crippen molar-refractivity contribution >= 4 is 17.6 Å². The molecule has 3 amide bonds. The Morgan fingerprint density at radius 3 is 2.52 bits per heavy atom. The summed E-state index contributed by atoms with van der Waals surface area (Å²) in [6.07, 6.45) is 1.59. The molecule has 3 N–H and O–H groups in total. The number of halogens is 1. The smallest absolute Gasteiger partial charge is 0.319 e. The van der Waals surface area contributed by atoms with Crippen LogP contribution in [0.25, 0.3) is 0 Å². The van der Waals surface area contributed by atoms with Crippen molar-refractivity contribution in [2.75, 3.05) is 5.32 Å². The number of rotatable bonds is 7. The number of aromatic nitrogens is 1. The van der Waals surface area contributed by atoms with Gasteiger partial charge in [-0.05, 0) is 61.9 Å². The van der Waals surface area contributed by atoms with Gasteiger partial charge in [-0.3, -0.25) is 4.79 Å². The number of pyridine rings is 1. The lowest BCUT2D eigenvalue weighted by atomic mass is 10.2. The lowest BCUT2D eigenvalue weighted by Gasteiger charge is -2.11. The third-order valence-electron chi connectivity index (χ3n) is 4.09. The number of anilines is 1. The molecule has 0 aliphatic rings. The molecule has 0 aliphatic heterocycles. The summed E-state index contributed by atoms with van der Waals surface area (Å²) in [7, 11) is 0.